The third kappa shape index (κ3) is 2.75. The van der Waals surface area contributed by atoms with Crippen molar-refractivity contribution in [1.82, 2.24) is 14.8 Å². The van der Waals surface area contributed by atoms with Gasteiger partial charge in [0.15, 0.2) is 11.4 Å². The Hall–Kier alpha value is -0.590. The molecule has 6 heteroatoms. The Labute approximate surface area is 99.5 Å². The average Bonchev–Trinajstić information content (AvgIpc) is 2.90. The van der Waals surface area contributed by atoms with Gasteiger partial charge in [-0.25, -0.2) is 0 Å². The van der Waals surface area contributed by atoms with Crippen LogP contribution < -0.4 is 0 Å². The third-order valence-corrected chi connectivity index (χ3v) is 3.57. The van der Waals surface area contributed by atoms with Crippen molar-refractivity contribution in [2.45, 2.75) is 31.2 Å². The fraction of sp³-hybridized carbons (Fsp3) is 0.800. The highest BCUT2D eigenvalue weighted by Crippen LogP contribution is 2.19. The van der Waals surface area contributed by atoms with Crippen LogP contribution in [0.5, 0.6) is 0 Å². The lowest BCUT2D eigenvalue weighted by Crippen LogP contribution is -2.08. The molecule has 0 spiro atoms. The van der Waals surface area contributed by atoms with Gasteiger partial charge in [-0.3, -0.25) is 0 Å². The van der Waals surface area contributed by atoms with Gasteiger partial charge in [-0.2, -0.15) is 0 Å². The molecule has 0 amide bonds. The van der Waals surface area contributed by atoms with Crippen LogP contribution in [0.3, 0.4) is 0 Å². The average molecular weight is 243 g/mol. The molecule has 16 heavy (non-hydrogen) atoms. The van der Waals surface area contributed by atoms with Crippen LogP contribution in [0.2, 0.25) is 0 Å². The van der Waals surface area contributed by atoms with Gasteiger partial charge in [0.2, 0.25) is 0 Å². The summed E-state index contributed by atoms with van der Waals surface area (Å²) in [6, 6.07) is 0. The first-order valence-corrected chi connectivity index (χ1v) is 6.54. The summed E-state index contributed by atoms with van der Waals surface area (Å²) in [4.78, 5) is 0. The summed E-state index contributed by atoms with van der Waals surface area (Å²) in [6.07, 6.45) is 1.80. The molecule has 2 rings (SSSR count). The maximum absolute atomic E-state index is 5.37. The molecule has 0 radical (unpaired) electrons. The Morgan fingerprint density at radius 1 is 1.38 bits per heavy atom. The van der Waals surface area contributed by atoms with Crippen molar-refractivity contribution in [1.29, 1.82) is 0 Å². The molecule has 5 nitrogen and oxygen atoms in total. The van der Waals surface area contributed by atoms with Gasteiger partial charge in [0, 0.05) is 25.6 Å². The number of nitrogens with zero attached hydrogens (tertiary/aromatic N) is 3. The lowest BCUT2D eigenvalue weighted by Gasteiger charge is -2.07. The van der Waals surface area contributed by atoms with E-state index in [0.717, 1.165) is 42.8 Å². The summed E-state index contributed by atoms with van der Waals surface area (Å²) < 4.78 is 12.8. The molecule has 1 aliphatic rings. The van der Waals surface area contributed by atoms with Crippen molar-refractivity contribution >= 4 is 11.8 Å². The summed E-state index contributed by atoms with van der Waals surface area (Å²) in [5, 5.41) is 9.23. The van der Waals surface area contributed by atoms with E-state index in [1.54, 1.807) is 11.8 Å². The Bertz CT molecular complexity index is 337. The minimum atomic E-state index is -0.0219. The molecule has 0 aliphatic carbocycles. The number of aromatic nitrogens is 3. The molecule has 1 aromatic rings. The molecule has 0 N–H and O–H groups in total. The number of hydrogen-bond donors (Lipinski definition) is 0. The van der Waals surface area contributed by atoms with E-state index < -0.39 is 0 Å². The topological polar surface area (TPSA) is 49.2 Å². The molecule has 0 unspecified atom stereocenters. The zero-order valence-electron chi connectivity index (χ0n) is 9.68. The monoisotopic (exact) mass is 243 g/mol. The van der Waals surface area contributed by atoms with Crippen LogP contribution in [-0.4, -0.2) is 40.0 Å². The predicted octanol–water partition coefficient (Wildman–Crippen LogP) is 1.23. The predicted molar refractivity (Wildman–Crippen MR) is 61.4 cm³/mol. The van der Waals surface area contributed by atoms with Crippen molar-refractivity contribution in [3.8, 4) is 0 Å². The lowest BCUT2D eigenvalue weighted by molar-refractivity contribution is -0.0421. The summed E-state index contributed by atoms with van der Waals surface area (Å²) in [6.45, 7) is 3.53. The van der Waals surface area contributed by atoms with Crippen LogP contribution >= 0.6 is 11.8 Å². The molecule has 1 aromatic heterocycles. The van der Waals surface area contributed by atoms with Crippen molar-refractivity contribution in [3.63, 3.8) is 0 Å². The minimum Gasteiger partial charge on any atom is -0.350 e. The van der Waals surface area contributed by atoms with Gasteiger partial charge >= 0.3 is 0 Å². The molecule has 0 atom stereocenters. The molecule has 0 bridgehead atoms. The van der Waals surface area contributed by atoms with Gasteiger partial charge in [-0.05, 0) is 0 Å². The van der Waals surface area contributed by atoms with Gasteiger partial charge in [-0.1, -0.05) is 18.7 Å². The summed E-state index contributed by atoms with van der Waals surface area (Å²) in [7, 11) is 2.00. The molecule has 1 fully saturated rings. The first-order chi connectivity index (χ1) is 7.81. The largest absolute Gasteiger partial charge is 0.350 e. The van der Waals surface area contributed by atoms with Crippen LogP contribution in [0.15, 0.2) is 5.16 Å². The quantitative estimate of drug-likeness (QED) is 0.728. The number of thioether (sulfide) groups is 1. The second-order valence-corrected chi connectivity index (χ2v) is 4.68. The van der Waals surface area contributed by atoms with E-state index in [9.17, 15) is 0 Å². The smallest absolute Gasteiger partial charge is 0.190 e. The number of aryl methyl sites for hydroxylation is 1. The van der Waals surface area contributed by atoms with Crippen molar-refractivity contribution in [2.75, 3.05) is 19.0 Å². The Morgan fingerprint density at radius 3 is 2.75 bits per heavy atom. The van der Waals surface area contributed by atoms with E-state index >= 15 is 0 Å². The first-order valence-electron chi connectivity index (χ1n) is 5.55. The van der Waals surface area contributed by atoms with Crippen LogP contribution in [-0.2, 0) is 22.9 Å². The maximum Gasteiger partial charge on any atom is 0.190 e. The van der Waals surface area contributed by atoms with Crippen molar-refractivity contribution in [3.05, 3.63) is 5.82 Å². The highest BCUT2D eigenvalue weighted by molar-refractivity contribution is 7.99. The zero-order valence-corrected chi connectivity index (χ0v) is 10.5. The van der Waals surface area contributed by atoms with Crippen LogP contribution in [0.25, 0.3) is 0 Å². The van der Waals surface area contributed by atoms with Gasteiger partial charge in [0.1, 0.15) is 5.82 Å². The zero-order chi connectivity index (χ0) is 11.4. The SMILES string of the molecule is CCc1nnc(SCCC2OCCO2)n1C. The highest BCUT2D eigenvalue weighted by Gasteiger charge is 2.16. The molecular weight excluding hydrogens is 226 g/mol. The van der Waals surface area contributed by atoms with E-state index in [2.05, 4.69) is 17.1 Å². The molecule has 0 saturated carbocycles. The van der Waals surface area contributed by atoms with Gasteiger partial charge in [0.25, 0.3) is 0 Å². The fourth-order valence-electron chi connectivity index (χ4n) is 1.60. The third-order valence-electron chi connectivity index (χ3n) is 2.52. The Morgan fingerprint density at radius 2 is 2.12 bits per heavy atom. The molecule has 90 valence electrons. The number of rotatable bonds is 5. The standard InChI is InChI=1S/C10H17N3O2S/c1-3-8-11-12-10(13(8)2)16-7-4-9-14-5-6-15-9/h9H,3-7H2,1-2H3. The lowest BCUT2D eigenvalue weighted by atomic mass is 10.5. The van der Waals surface area contributed by atoms with Crippen molar-refractivity contribution in [2.24, 2.45) is 7.05 Å². The van der Waals surface area contributed by atoms with E-state index in [-0.39, 0.29) is 6.29 Å². The van der Waals surface area contributed by atoms with Gasteiger partial charge in [0.05, 0.1) is 13.2 Å². The van der Waals surface area contributed by atoms with Gasteiger partial charge in [-0.15, -0.1) is 10.2 Å². The van der Waals surface area contributed by atoms with E-state index in [4.69, 9.17) is 9.47 Å². The normalized spacial score (nSPS) is 17.1. The molecular formula is C10H17N3O2S. The highest BCUT2D eigenvalue weighted by atomic mass is 32.2. The number of ether oxygens (including phenoxy) is 2. The molecule has 2 heterocycles. The second kappa shape index (κ2) is 5.65. The van der Waals surface area contributed by atoms with Gasteiger partial charge < -0.3 is 14.0 Å². The van der Waals surface area contributed by atoms with Crippen LogP contribution in [0.4, 0.5) is 0 Å². The summed E-state index contributed by atoms with van der Waals surface area (Å²) >= 11 is 1.70. The maximum atomic E-state index is 5.37. The summed E-state index contributed by atoms with van der Waals surface area (Å²) in [5.74, 6) is 1.97. The molecule has 1 aliphatic heterocycles. The minimum absolute atomic E-state index is 0.0219. The van der Waals surface area contributed by atoms with Crippen LogP contribution in [0, 0.1) is 0 Å². The van der Waals surface area contributed by atoms with E-state index in [1.807, 2.05) is 11.6 Å². The van der Waals surface area contributed by atoms with Crippen LogP contribution in [0.1, 0.15) is 19.2 Å². The fourth-order valence-corrected chi connectivity index (χ4v) is 2.49. The second-order valence-electron chi connectivity index (χ2n) is 3.62. The summed E-state index contributed by atoms with van der Waals surface area (Å²) in [5.41, 5.74) is 0. The van der Waals surface area contributed by atoms with E-state index in [1.165, 1.54) is 0 Å². The van der Waals surface area contributed by atoms with E-state index in [0.29, 0.717) is 0 Å². The first kappa shape index (κ1) is 11.9. The molecule has 1 saturated heterocycles. The van der Waals surface area contributed by atoms with Crippen molar-refractivity contribution < 1.29 is 9.47 Å². The Kier molecular flexibility index (Phi) is 4.20. The Balaban J connectivity index is 1.78. The number of hydrogen-bond acceptors (Lipinski definition) is 5. The molecule has 0 aromatic carbocycles.